The molecule has 2 atom stereocenters. The summed E-state index contributed by atoms with van der Waals surface area (Å²) < 4.78 is 5.12. The zero-order valence-electron chi connectivity index (χ0n) is 21.4. The van der Waals surface area contributed by atoms with Gasteiger partial charge in [0.05, 0.1) is 12.0 Å². The monoisotopic (exact) mass is 475 g/mol. The minimum atomic E-state index is -0.444. The van der Waals surface area contributed by atoms with Crippen LogP contribution in [0, 0.1) is 22.0 Å². The van der Waals surface area contributed by atoms with Gasteiger partial charge in [0.2, 0.25) is 5.91 Å². The van der Waals surface area contributed by atoms with Gasteiger partial charge in [-0.15, -0.1) is 0 Å². The largest absolute Gasteiger partial charge is 0.497 e. The lowest BCUT2D eigenvalue weighted by molar-refractivity contribution is -0.419. The molecule has 2 unspecified atom stereocenters. The molecule has 1 aliphatic rings. The highest BCUT2D eigenvalue weighted by Gasteiger charge is 2.21. The summed E-state index contributed by atoms with van der Waals surface area (Å²) in [6, 6.07) is 3.48. The maximum Gasteiger partial charge on any atom is 0.265 e. The molecule has 2 rings (SSSR count). The third-order valence-corrected chi connectivity index (χ3v) is 4.74. The van der Waals surface area contributed by atoms with Crippen LogP contribution in [-0.2, 0) is 4.79 Å². The molecule has 1 aromatic heterocycles. The molecule has 34 heavy (non-hydrogen) atoms. The molecule has 0 spiro atoms. The van der Waals surface area contributed by atoms with E-state index in [1.165, 1.54) is 30.7 Å². The highest BCUT2D eigenvalue weighted by molar-refractivity contribution is 5.89. The molecule has 1 saturated heterocycles. The smallest absolute Gasteiger partial charge is 0.265 e. The second kappa shape index (κ2) is 18.4. The van der Waals surface area contributed by atoms with Crippen LogP contribution in [0.1, 0.15) is 33.6 Å². The molecule has 1 amide bonds. The Morgan fingerprint density at radius 3 is 2.47 bits per heavy atom. The molecule has 190 valence electrons. The number of piperidine rings is 1. The summed E-state index contributed by atoms with van der Waals surface area (Å²) in [5, 5.41) is 15.7. The minimum Gasteiger partial charge on any atom is -0.497 e. The average Bonchev–Trinajstić information content (AvgIpc) is 2.78. The van der Waals surface area contributed by atoms with E-state index in [4.69, 9.17) is 4.74 Å². The molecule has 1 aliphatic heterocycles. The maximum absolute atomic E-state index is 12.0. The number of nitrogens with zero attached hydrogens (tertiary/aromatic N) is 3. The van der Waals surface area contributed by atoms with Crippen molar-refractivity contribution in [1.29, 1.82) is 0 Å². The number of carbonyl (C=O) groups excluding carboxylic acids is 1. The van der Waals surface area contributed by atoms with Gasteiger partial charge < -0.3 is 20.3 Å². The lowest BCUT2D eigenvalue weighted by Gasteiger charge is -2.34. The third kappa shape index (κ3) is 14.2. The Labute approximate surface area is 204 Å². The van der Waals surface area contributed by atoms with Crippen molar-refractivity contribution in [3.63, 3.8) is 0 Å². The predicted molar refractivity (Wildman–Crippen MR) is 138 cm³/mol. The molecule has 0 bridgehead atoms. The van der Waals surface area contributed by atoms with Gasteiger partial charge >= 0.3 is 0 Å². The van der Waals surface area contributed by atoms with Crippen molar-refractivity contribution in [2.45, 2.75) is 33.6 Å². The molecule has 0 aromatic carbocycles. The molecule has 1 aromatic rings. The van der Waals surface area contributed by atoms with E-state index in [1.54, 1.807) is 32.4 Å². The molecular formula is C25H41N5O4. The zero-order valence-corrected chi connectivity index (χ0v) is 21.4. The fourth-order valence-corrected chi connectivity index (χ4v) is 3.48. The molecular weight excluding hydrogens is 434 g/mol. The van der Waals surface area contributed by atoms with E-state index in [0.717, 1.165) is 31.5 Å². The van der Waals surface area contributed by atoms with Gasteiger partial charge in [-0.3, -0.25) is 14.9 Å². The molecule has 0 aliphatic carbocycles. The normalized spacial score (nSPS) is 18.1. The zero-order chi connectivity index (χ0) is 25.9. The van der Waals surface area contributed by atoms with E-state index >= 15 is 0 Å². The number of anilines is 1. The lowest BCUT2D eigenvalue weighted by atomic mass is 9.92. The van der Waals surface area contributed by atoms with Crippen LogP contribution >= 0.6 is 0 Å². The molecule has 2 heterocycles. The third-order valence-electron chi connectivity index (χ3n) is 4.74. The number of nitrogens with one attached hydrogen (secondary N) is 2. The first kappa shape index (κ1) is 31.0. The second-order valence-electron chi connectivity index (χ2n) is 8.15. The first-order valence-corrected chi connectivity index (χ1v) is 11.4. The second-order valence-corrected chi connectivity index (χ2v) is 8.15. The van der Waals surface area contributed by atoms with Crippen LogP contribution in [0.3, 0.4) is 0 Å². The number of methoxy groups -OCH3 is 1. The Kier molecular flexibility index (Phi) is 16.7. The SMILES string of the molecule is C=C/C=C\C(=C/C)[N+](=O)[O-].CNC.COc1ccnc(NC(=O)CCN2CC(C)CC(C)C2)c1. The van der Waals surface area contributed by atoms with Crippen molar-refractivity contribution < 1.29 is 14.5 Å². The summed E-state index contributed by atoms with van der Waals surface area (Å²) in [6.07, 6.45) is 9.26. The van der Waals surface area contributed by atoms with E-state index in [-0.39, 0.29) is 11.6 Å². The number of hydrogen-bond acceptors (Lipinski definition) is 7. The number of amides is 1. The number of hydrogen-bond donors (Lipinski definition) is 2. The first-order valence-electron chi connectivity index (χ1n) is 11.4. The number of likely N-dealkylation sites (tertiary alicyclic amines) is 1. The van der Waals surface area contributed by atoms with E-state index < -0.39 is 4.92 Å². The fourth-order valence-electron chi connectivity index (χ4n) is 3.48. The Morgan fingerprint density at radius 1 is 1.35 bits per heavy atom. The molecule has 0 saturated carbocycles. The van der Waals surface area contributed by atoms with Gasteiger partial charge in [0, 0.05) is 44.4 Å². The number of rotatable bonds is 8. The van der Waals surface area contributed by atoms with Crippen molar-refractivity contribution in [3.05, 3.63) is 65.0 Å². The molecule has 9 nitrogen and oxygen atoms in total. The number of aromatic nitrogens is 1. The topological polar surface area (TPSA) is 110 Å². The van der Waals surface area contributed by atoms with Crippen LogP contribution in [-0.4, -0.2) is 61.6 Å². The number of allylic oxidation sites excluding steroid dienone is 4. The van der Waals surface area contributed by atoms with Crippen LogP contribution in [0.25, 0.3) is 0 Å². The van der Waals surface area contributed by atoms with Gasteiger partial charge in [0.15, 0.2) is 0 Å². The summed E-state index contributed by atoms with van der Waals surface area (Å²) in [6.45, 7) is 12.6. The van der Waals surface area contributed by atoms with Gasteiger partial charge in [0.1, 0.15) is 11.6 Å². The Balaban J connectivity index is 0.000000704. The molecule has 2 N–H and O–H groups in total. The van der Waals surface area contributed by atoms with Crippen molar-refractivity contribution in [3.8, 4) is 5.75 Å². The van der Waals surface area contributed by atoms with Gasteiger partial charge in [0.25, 0.3) is 5.70 Å². The number of carbonyl (C=O) groups is 1. The van der Waals surface area contributed by atoms with Crippen molar-refractivity contribution in [1.82, 2.24) is 15.2 Å². The number of pyridine rings is 1. The van der Waals surface area contributed by atoms with Gasteiger partial charge in [-0.05, 0) is 51.4 Å². The Hall–Kier alpha value is -3.04. The summed E-state index contributed by atoms with van der Waals surface area (Å²) in [4.78, 5) is 28.1. The van der Waals surface area contributed by atoms with Gasteiger partial charge in [-0.2, -0.15) is 0 Å². The first-order chi connectivity index (χ1) is 16.2. The van der Waals surface area contributed by atoms with Crippen LogP contribution in [0.2, 0.25) is 0 Å². The summed E-state index contributed by atoms with van der Waals surface area (Å²) in [5.41, 5.74) is 0.0832. The summed E-state index contributed by atoms with van der Waals surface area (Å²) >= 11 is 0. The number of nitro groups is 1. The van der Waals surface area contributed by atoms with Crippen molar-refractivity contribution in [2.24, 2.45) is 11.8 Å². The van der Waals surface area contributed by atoms with Crippen LogP contribution in [0.5, 0.6) is 5.75 Å². The highest BCUT2D eigenvalue weighted by atomic mass is 16.6. The van der Waals surface area contributed by atoms with Crippen LogP contribution < -0.4 is 15.4 Å². The van der Waals surface area contributed by atoms with E-state index in [0.29, 0.717) is 18.0 Å². The van der Waals surface area contributed by atoms with E-state index in [2.05, 4.69) is 40.9 Å². The van der Waals surface area contributed by atoms with E-state index in [9.17, 15) is 14.9 Å². The maximum atomic E-state index is 12.0. The standard InChI is InChI=1S/C16H25N3O2.C7H9NO2.C2H7N/c1-12-8-13(2)11-19(10-12)7-5-16(20)18-15-9-14(21-3)4-6-17-15;1-3-5-6-7(4-2)8(9)10;1-3-2/h4,6,9,12-13H,5,7-8,10-11H2,1-3H3,(H,17,18,20);3-6H,1H2,2H3;3H,1-2H3/b;6-5-,7-4+;. The highest BCUT2D eigenvalue weighted by Crippen LogP contribution is 2.21. The van der Waals surface area contributed by atoms with E-state index in [1.807, 2.05) is 14.1 Å². The average molecular weight is 476 g/mol. The summed E-state index contributed by atoms with van der Waals surface area (Å²) in [5.74, 6) is 2.68. The quantitative estimate of drug-likeness (QED) is 0.330. The lowest BCUT2D eigenvalue weighted by Crippen LogP contribution is -2.40. The number of ether oxygens (including phenoxy) is 1. The Bertz CT molecular complexity index is 800. The molecule has 0 radical (unpaired) electrons. The summed E-state index contributed by atoms with van der Waals surface area (Å²) in [7, 11) is 5.35. The fraction of sp³-hybridized carbons (Fsp3) is 0.520. The Morgan fingerprint density at radius 2 is 1.97 bits per heavy atom. The minimum absolute atomic E-state index is 0.00151. The molecule has 9 heteroatoms. The van der Waals surface area contributed by atoms with Gasteiger partial charge in [-0.25, -0.2) is 4.98 Å². The van der Waals surface area contributed by atoms with Crippen LogP contribution in [0.15, 0.2) is 54.9 Å². The molecule has 1 fully saturated rings. The van der Waals surface area contributed by atoms with Gasteiger partial charge in [-0.1, -0.05) is 32.6 Å². The van der Waals surface area contributed by atoms with Crippen LogP contribution in [0.4, 0.5) is 5.82 Å². The van der Waals surface area contributed by atoms with Crippen molar-refractivity contribution in [2.75, 3.05) is 46.2 Å². The predicted octanol–water partition coefficient (Wildman–Crippen LogP) is 4.14. The van der Waals surface area contributed by atoms with Crippen molar-refractivity contribution >= 4 is 11.7 Å².